The summed E-state index contributed by atoms with van der Waals surface area (Å²) in [7, 11) is 0. The van der Waals surface area contributed by atoms with Crippen LogP contribution in [0.25, 0.3) is 60.6 Å². The van der Waals surface area contributed by atoms with Crippen LogP contribution in [0.3, 0.4) is 0 Å². The lowest BCUT2D eigenvalue weighted by atomic mass is 9.98. The van der Waals surface area contributed by atoms with Crippen LogP contribution >= 0.6 is 0 Å². The Kier molecular flexibility index (Phi) is 3.11. The second kappa shape index (κ2) is 6.10. The molecule has 4 nitrogen and oxygen atoms in total. The van der Waals surface area contributed by atoms with E-state index >= 15 is 0 Å². The highest BCUT2D eigenvalue weighted by Gasteiger charge is 2.28. The van der Waals surface area contributed by atoms with Crippen molar-refractivity contribution in [2.75, 3.05) is 0 Å². The first kappa shape index (κ1) is 17.8. The molecular weight excluding hydrogens is 428 g/mol. The first-order valence-electron chi connectivity index (χ1n) is 12.0. The quantitative estimate of drug-likeness (QED) is 0.243. The molecule has 0 atom stereocenters. The van der Waals surface area contributed by atoms with E-state index in [4.69, 9.17) is 4.98 Å². The summed E-state index contributed by atoms with van der Waals surface area (Å²) in [4.78, 5) is 14.0. The monoisotopic (exact) mass is 446 g/mol. The topological polar surface area (TPSA) is 43.1 Å². The number of nitrogens with zero attached hydrogens (tertiary/aromatic N) is 4. The Morgan fingerprint density at radius 3 is 2.43 bits per heavy atom. The van der Waals surface area contributed by atoms with Crippen LogP contribution in [0.15, 0.2) is 85.5 Å². The highest BCUT2D eigenvalue weighted by molar-refractivity contribution is 6.14. The highest BCUT2D eigenvalue weighted by Crippen LogP contribution is 2.47. The van der Waals surface area contributed by atoms with Crippen LogP contribution in [0.5, 0.6) is 0 Å². The van der Waals surface area contributed by atoms with Gasteiger partial charge >= 0.3 is 0 Å². The number of rotatable bonds is 0. The van der Waals surface area contributed by atoms with Crippen molar-refractivity contribution in [1.82, 2.24) is 19.4 Å². The van der Waals surface area contributed by atoms with Gasteiger partial charge < -0.3 is 0 Å². The average Bonchev–Trinajstić information content (AvgIpc) is 3.58. The highest BCUT2D eigenvalue weighted by atomic mass is 15.0. The number of benzene rings is 3. The zero-order valence-corrected chi connectivity index (χ0v) is 18.8. The third-order valence-electron chi connectivity index (χ3n) is 7.99. The zero-order valence-electron chi connectivity index (χ0n) is 18.8. The number of hydrogen-bond donors (Lipinski definition) is 0. The number of aromatic nitrogens is 4. The van der Waals surface area contributed by atoms with Gasteiger partial charge in [0.1, 0.15) is 5.65 Å². The van der Waals surface area contributed by atoms with Crippen LogP contribution in [0.1, 0.15) is 22.3 Å². The third-order valence-corrected chi connectivity index (χ3v) is 7.99. The molecule has 2 aliphatic carbocycles. The van der Waals surface area contributed by atoms with Gasteiger partial charge in [0, 0.05) is 35.8 Å². The van der Waals surface area contributed by atoms with E-state index in [0.29, 0.717) is 0 Å². The first-order valence-corrected chi connectivity index (χ1v) is 12.0. The normalized spacial score (nSPS) is 13.5. The minimum Gasteiger partial charge on any atom is -0.290 e. The van der Waals surface area contributed by atoms with Crippen molar-refractivity contribution < 1.29 is 0 Å². The van der Waals surface area contributed by atoms with Gasteiger partial charge in [-0.15, -0.1) is 0 Å². The fourth-order valence-electron chi connectivity index (χ4n) is 6.50. The van der Waals surface area contributed by atoms with E-state index in [-0.39, 0.29) is 0 Å². The number of pyridine rings is 3. The van der Waals surface area contributed by atoms with Gasteiger partial charge in [-0.05, 0) is 80.6 Å². The van der Waals surface area contributed by atoms with E-state index < -0.39 is 0 Å². The van der Waals surface area contributed by atoms with E-state index in [0.717, 1.165) is 40.3 Å². The predicted octanol–water partition coefficient (Wildman–Crippen LogP) is 6.73. The molecule has 9 rings (SSSR count). The predicted molar refractivity (Wildman–Crippen MR) is 140 cm³/mol. The standard InChI is InChI=1S/C31H18N4/c1-2-4-20-17(3-1)11-18-12-19-13-26-21(25(19)14-24(18)20)5-6-28-30(26)35-29-16-33-10-8-23(29)22-7-9-32-15-27(22)31(35)34-28/h1-10,12,14-16H,11,13H2. The van der Waals surface area contributed by atoms with Crippen molar-refractivity contribution in [2.45, 2.75) is 12.8 Å². The molecular formula is C31H18N4. The SMILES string of the molecule is c1ccc2c(c1)Cc1cc3c(cc1-2)-c1ccc2nc4c5cnccc5c5ccncc5n4c2c1C3. The smallest absolute Gasteiger partial charge is 0.148 e. The molecule has 0 bridgehead atoms. The summed E-state index contributed by atoms with van der Waals surface area (Å²) >= 11 is 0. The molecule has 0 radical (unpaired) electrons. The fraction of sp³-hybridized carbons (Fsp3) is 0.0645. The van der Waals surface area contributed by atoms with E-state index in [9.17, 15) is 0 Å². The maximum Gasteiger partial charge on any atom is 0.148 e. The van der Waals surface area contributed by atoms with Gasteiger partial charge in [0.25, 0.3) is 0 Å². The molecule has 0 unspecified atom stereocenters. The van der Waals surface area contributed by atoms with Crippen LogP contribution in [0, 0.1) is 0 Å². The van der Waals surface area contributed by atoms with Crippen molar-refractivity contribution in [3.8, 4) is 22.3 Å². The summed E-state index contributed by atoms with van der Waals surface area (Å²) in [5, 5.41) is 3.41. The van der Waals surface area contributed by atoms with Crippen molar-refractivity contribution in [3.05, 3.63) is 108 Å². The minimum absolute atomic E-state index is 0.923. The number of hydrogen-bond acceptors (Lipinski definition) is 3. The molecule has 0 saturated heterocycles. The van der Waals surface area contributed by atoms with Crippen molar-refractivity contribution in [2.24, 2.45) is 0 Å². The average molecular weight is 447 g/mol. The molecule has 0 spiro atoms. The Bertz CT molecular complexity index is 2070. The largest absolute Gasteiger partial charge is 0.290 e. The Labute approximate surface area is 200 Å². The van der Waals surface area contributed by atoms with Gasteiger partial charge in [-0.25, -0.2) is 4.98 Å². The van der Waals surface area contributed by atoms with Crippen LogP contribution in [-0.2, 0) is 12.8 Å². The summed E-state index contributed by atoms with van der Waals surface area (Å²) in [6, 6.07) is 22.3. The minimum atomic E-state index is 0.923. The van der Waals surface area contributed by atoms with E-state index in [1.807, 2.05) is 24.8 Å². The molecule has 3 aromatic carbocycles. The van der Waals surface area contributed by atoms with Crippen molar-refractivity contribution in [1.29, 1.82) is 0 Å². The Balaban J connectivity index is 1.40. The second-order valence-corrected chi connectivity index (χ2v) is 9.72. The van der Waals surface area contributed by atoms with Crippen LogP contribution < -0.4 is 0 Å². The fourth-order valence-corrected chi connectivity index (χ4v) is 6.50. The van der Waals surface area contributed by atoms with Gasteiger partial charge in [-0.3, -0.25) is 14.4 Å². The molecule has 2 aliphatic rings. The van der Waals surface area contributed by atoms with Gasteiger partial charge in [0.15, 0.2) is 0 Å². The summed E-state index contributed by atoms with van der Waals surface area (Å²) in [5.41, 5.74) is 15.4. The molecule has 7 aromatic rings. The molecule has 0 aliphatic heterocycles. The summed E-state index contributed by atoms with van der Waals surface area (Å²) < 4.78 is 2.31. The summed E-state index contributed by atoms with van der Waals surface area (Å²) in [6.45, 7) is 0. The maximum absolute atomic E-state index is 5.12. The van der Waals surface area contributed by atoms with E-state index in [2.05, 4.69) is 75.0 Å². The Morgan fingerprint density at radius 2 is 1.46 bits per heavy atom. The van der Waals surface area contributed by atoms with Crippen molar-refractivity contribution in [3.63, 3.8) is 0 Å². The maximum atomic E-state index is 5.12. The molecule has 0 amide bonds. The molecule has 0 fully saturated rings. The molecule has 0 saturated carbocycles. The van der Waals surface area contributed by atoms with E-state index in [1.54, 1.807) is 0 Å². The van der Waals surface area contributed by atoms with Gasteiger partial charge in [0.2, 0.25) is 0 Å². The second-order valence-electron chi connectivity index (χ2n) is 9.72. The van der Waals surface area contributed by atoms with Gasteiger partial charge in [-0.2, -0.15) is 0 Å². The van der Waals surface area contributed by atoms with Crippen molar-refractivity contribution >= 4 is 38.4 Å². The number of fused-ring (bicyclic) bond motifs is 15. The zero-order chi connectivity index (χ0) is 22.7. The summed E-state index contributed by atoms with van der Waals surface area (Å²) in [6.07, 6.45) is 9.57. The molecule has 35 heavy (non-hydrogen) atoms. The molecule has 162 valence electrons. The van der Waals surface area contributed by atoms with E-state index in [1.165, 1.54) is 55.4 Å². The Hall–Kier alpha value is -4.57. The first-order chi connectivity index (χ1) is 17.3. The third kappa shape index (κ3) is 2.15. The summed E-state index contributed by atoms with van der Waals surface area (Å²) in [5.74, 6) is 0. The lowest BCUT2D eigenvalue weighted by molar-refractivity contribution is 1.20. The van der Waals surface area contributed by atoms with Crippen LogP contribution in [0.4, 0.5) is 0 Å². The molecule has 4 heterocycles. The Morgan fingerprint density at radius 1 is 0.629 bits per heavy atom. The van der Waals surface area contributed by atoms with Crippen LogP contribution in [0.2, 0.25) is 0 Å². The van der Waals surface area contributed by atoms with Gasteiger partial charge in [-0.1, -0.05) is 36.4 Å². The molecule has 4 heteroatoms. The lowest BCUT2D eigenvalue weighted by Crippen LogP contribution is -1.95. The van der Waals surface area contributed by atoms with Gasteiger partial charge in [0.05, 0.1) is 22.7 Å². The lowest BCUT2D eigenvalue weighted by Gasteiger charge is -2.09. The van der Waals surface area contributed by atoms with Crippen LogP contribution in [-0.4, -0.2) is 19.4 Å². The molecule has 4 aromatic heterocycles. The number of imidazole rings is 1. The molecule has 0 N–H and O–H groups in total.